The second kappa shape index (κ2) is 10.5. The molecule has 1 aliphatic heterocycles. The zero-order chi connectivity index (χ0) is 17.6. The van der Waals surface area contributed by atoms with Crippen LogP contribution in [0.25, 0.3) is 0 Å². The van der Waals surface area contributed by atoms with Crippen LogP contribution in [0.5, 0.6) is 0 Å². The number of piperidine rings is 1. The van der Waals surface area contributed by atoms with Gasteiger partial charge in [-0.2, -0.15) is 0 Å². The molecule has 0 amide bonds. The number of guanidine groups is 1. The Morgan fingerprint density at radius 3 is 2.42 bits per heavy atom. The highest BCUT2D eigenvalue weighted by atomic mass is 127. The van der Waals surface area contributed by atoms with Gasteiger partial charge in [-0.3, -0.25) is 4.99 Å². The average molecular weight is 472 g/mol. The highest BCUT2D eigenvalue weighted by Gasteiger charge is 2.31. The molecule has 1 aliphatic carbocycles. The van der Waals surface area contributed by atoms with Crippen molar-refractivity contribution in [3.05, 3.63) is 35.4 Å². The highest BCUT2D eigenvalue weighted by Crippen LogP contribution is 2.29. The summed E-state index contributed by atoms with van der Waals surface area (Å²) in [6.07, 6.45) is 4.55. The summed E-state index contributed by atoms with van der Waals surface area (Å²) in [6.45, 7) is 7.70. The number of rotatable bonds is 6. The van der Waals surface area contributed by atoms with Crippen LogP contribution in [0.4, 0.5) is 0 Å². The van der Waals surface area contributed by atoms with Gasteiger partial charge < -0.3 is 20.6 Å². The number of aliphatic hydroxyl groups is 1. The molecule has 1 heterocycles. The molecule has 146 valence electrons. The summed E-state index contributed by atoms with van der Waals surface area (Å²) < 4.78 is 0. The molecule has 0 bridgehead atoms. The Labute approximate surface area is 174 Å². The molecule has 1 saturated carbocycles. The van der Waals surface area contributed by atoms with Crippen molar-refractivity contribution in [3.8, 4) is 0 Å². The van der Waals surface area contributed by atoms with Gasteiger partial charge >= 0.3 is 0 Å². The first kappa shape index (κ1) is 21.4. The molecule has 26 heavy (non-hydrogen) atoms. The van der Waals surface area contributed by atoms with E-state index >= 15 is 0 Å². The van der Waals surface area contributed by atoms with Gasteiger partial charge in [0, 0.05) is 31.7 Å². The van der Waals surface area contributed by atoms with Crippen LogP contribution >= 0.6 is 24.0 Å². The van der Waals surface area contributed by atoms with Gasteiger partial charge in [0.25, 0.3) is 0 Å². The maximum Gasteiger partial charge on any atom is 0.191 e. The van der Waals surface area contributed by atoms with Crippen molar-refractivity contribution in [2.45, 2.75) is 57.7 Å². The molecular weight excluding hydrogens is 439 g/mol. The molecule has 1 aromatic rings. The predicted octanol–water partition coefficient (Wildman–Crippen LogP) is 2.83. The summed E-state index contributed by atoms with van der Waals surface area (Å²) in [5.41, 5.74) is 2.12. The fraction of sp³-hybridized carbons (Fsp3) is 0.650. The second-order valence-electron chi connectivity index (χ2n) is 7.33. The lowest BCUT2D eigenvalue weighted by molar-refractivity contribution is 0.186. The van der Waals surface area contributed by atoms with Crippen LogP contribution in [-0.4, -0.2) is 54.2 Å². The second-order valence-corrected chi connectivity index (χ2v) is 7.33. The van der Waals surface area contributed by atoms with Crippen LogP contribution in [0.3, 0.4) is 0 Å². The van der Waals surface area contributed by atoms with Crippen LogP contribution in [0.1, 0.15) is 49.8 Å². The number of nitrogens with zero attached hydrogens (tertiary/aromatic N) is 2. The van der Waals surface area contributed by atoms with Crippen LogP contribution in [0, 0.1) is 6.92 Å². The summed E-state index contributed by atoms with van der Waals surface area (Å²) in [5.74, 6) is 0.818. The maximum atomic E-state index is 10.4. The van der Waals surface area contributed by atoms with E-state index in [4.69, 9.17) is 0 Å². The summed E-state index contributed by atoms with van der Waals surface area (Å²) in [5, 5.41) is 17.2. The first-order chi connectivity index (χ1) is 12.2. The van der Waals surface area contributed by atoms with E-state index in [1.54, 1.807) is 0 Å². The first-order valence-corrected chi connectivity index (χ1v) is 9.69. The Morgan fingerprint density at radius 1 is 1.19 bits per heavy atom. The molecule has 0 spiro atoms. The Morgan fingerprint density at radius 2 is 1.85 bits per heavy atom. The van der Waals surface area contributed by atoms with Gasteiger partial charge in [0.05, 0.1) is 12.6 Å². The maximum absolute atomic E-state index is 10.4. The van der Waals surface area contributed by atoms with Gasteiger partial charge in [-0.25, -0.2) is 0 Å². The molecule has 1 unspecified atom stereocenters. The van der Waals surface area contributed by atoms with Crippen molar-refractivity contribution < 1.29 is 5.11 Å². The van der Waals surface area contributed by atoms with Gasteiger partial charge in [-0.15, -0.1) is 24.0 Å². The third-order valence-corrected chi connectivity index (χ3v) is 5.16. The van der Waals surface area contributed by atoms with Gasteiger partial charge in [-0.1, -0.05) is 29.8 Å². The summed E-state index contributed by atoms with van der Waals surface area (Å²) in [4.78, 5) is 7.23. The highest BCUT2D eigenvalue weighted by molar-refractivity contribution is 14.0. The van der Waals surface area contributed by atoms with Crippen molar-refractivity contribution in [3.63, 3.8) is 0 Å². The topological polar surface area (TPSA) is 59.9 Å². The van der Waals surface area contributed by atoms with Gasteiger partial charge in [0.2, 0.25) is 0 Å². The lowest BCUT2D eigenvalue weighted by Gasteiger charge is -2.33. The van der Waals surface area contributed by atoms with E-state index in [9.17, 15) is 5.11 Å². The summed E-state index contributed by atoms with van der Waals surface area (Å²) in [6, 6.07) is 9.35. The van der Waals surface area contributed by atoms with E-state index in [1.807, 2.05) is 24.3 Å². The van der Waals surface area contributed by atoms with Crippen LogP contribution in [0.15, 0.2) is 29.3 Å². The van der Waals surface area contributed by atoms with E-state index in [2.05, 4.69) is 34.4 Å². The molecule has 1 atom stereocenters. The number of benzene rings is 1. The monoisotopic (exact) mass is 472 g/mol. The average Bonchev–Trinajstić information content (AvgIpc) is 3.46. The molecule has 0 radical (unpaired) electrons. The van der Waals surface area contributed by atoms with Crippen LogP contribution < -0.4 is 10.6 Å². The molecule has 0 aromatic heterocycles. The first-order valence-electron chi connectivity index (χ1n) is 9.69. The lowest BCUT2D eigenvalue weighted by atomic mass is 10.1. The van der Waals surface area contributed by atoms with Gasteiger partial charge in [0.15, 0.2) is 5.96 Å². The van der Waals surface area contributed by atoms with Gasteiger partial charge in [0.1, 0.15) is 0 Å². The van der Waals surface area contributed by atoms with Crippen molar-refractivity contribution in [2.24, 2.45) is 4.99 Å². The van der Waals surface area contributed by atoms with E-state index < -0.39 is 6.10 Å². The Kier molecular flexibility index (Phi) is 8.63. The molecule has 6 heteroatoms. The zero-order valence-corrected chi connectivity index (χ0v) is 18.3. The number of halogens is 1. The van der Waals surface area contributed by atoms with Crippen LogP contribution in [-0.2, 0) is 0 Å². The predicted molar refractivity (Wildman–Crippen MR) is 118 cm³/mol. The standard InChI is InChI=1S/C20H32N4O.HI/c1-3-21-20(22-14-19(25)16-6-4-15(2)5-7-16)23-17-10-12-24(13-11-17)18-8-9-18;/h4-7,17-19,25H,3,8-14H2,1-2H3,(H2,21,22,23);1H. The number of hydrogen-bond acceptors (Lipinski definition) is 3. The number of likely N-dealkylation sites (tertiary alicyclic amines) is 1. The van der Waals surface area contributed by atoms with E-state index in [0.29, 0.717) is 12.6 Å². The Balaban J connectivity index is 0.00000243. The van der Waals surface area contributed by atoms with Crippen molar-refractivity contribution >= 4 is 29.9 Å². The quantitative estimate of drug-likeness (QED) is 0.339. The minimum Gasteiger partial charge on any atom is -0.386 e. The number of aryl methyl sites for hydroxylation is 1. The van der Waals surface area contributed by atoms with Crippen molar-refractivity contribution in [1.29, 1.82) is 0 Å². The molecule has 5 nitrogen and oxygen atoms in total. The summed E-state index contributed by atoms with van der Waals surface area (Å²) in [7, 11) is 0. The number of aliphatic hydroxyl groups excluding tert-OH is 1. The minimum atomic E-state index is -0.562. The van der Waals surface area contributed by atoms with Crippen LogP contribution in [0.2, 0.25) is 0 Å². The smallest absolute Gasteiger partial charge is 0.191 e. The zero-order valence-electron chi connectivity index (χ0n) is 15.9. The molecule has 3 N–H and O–H groups in total. The fourth-order valence-corrected chi connectivity index (χ4v) is 3.43. The van der Waals surface area contributed by atoms with Gasteiger partial charge in [-0.05, 0) is 45.1 Å². The lowest BCUT2D eigenvalue weighted by Crippen LogP contribution is -2.49. The van der Waals surface area contributed by atoms with Crippen molar-refractivity contribution in [2.75, 3.05) is 26.2 Å². The molecule has 3 rings (SSSR count). The van der Waals surface area contributed by atoms with E-state index in [-0.39, 0.29) is 24.0 Å². The van der Waals surface area contributed by atoms with E-state index in [1.165, 1.54) is 44.3 Å². The normalized spacial score (nSPS) is 20.3. The third kappa shape index (κ3) is 6.39. The molecule has 1 aromatic carbocycles. The van der Waals surface area contributed by atoms with E-state index in [0.717, 1.165) is 24.1 Å². The molecule has 2 aliphatic rings. The third-order valence-electron chi connectivity index (χ3n) is 5.16. The summed E-state index contributed by atoms with van der Waals surface area (Å²) >= 11 is 0. The number of hydrogen-bond donors (Lipinski definition) is 3. The Hall–Kier alpha value is -0.860. The SMILES string of the molecule is CCNC(=NCC(O)c1ccc(C)cc1)NC1CCN(C2CC2)CC1.I. The Bertz CT molecular complexity index is 566. The molecule has 1 saturated heterocycles. The fourth-order valence-electron chi connectivity index (χ4n) is 3.43. The largest absolute Gasteiger partial charge is 0.386 e. The molecular formula is C20H33IN4O. The molecule has 2 fully saturated rings. The minimum absolute atomic E-state index is 0. The van der Waals surface area contributed by atoms with Crippen molar-refractivity contribution in [1.82, 2.24) is 15.5 Å². The number of aliphatic imine (C=N–C) groups is 1. The number of nitrogens with one attached hydrogen (secondary N) is 2.